The highest BCUT2D eigenvalue weighted by Gasteiger charge is 2.23. The Morgan fingerprint density at radius 3 is 2.79 bits per heavy atom. The van der Waals surface area contributed by atoms with E-state index in [9.17, 15) is 5.11 Å². The number of rotatable bonds is 2. The highest BCUT2D eigenvalue weighted by atomic mass is 32.2. The van der Waals surface area contributed by atoms with Gasteiger partial charge in [0.25, 0.3) is 0 Å². The first-order chi connectivity index (χ1) is 9.16. The van der Waals surface area contributed by atoms with Crippen LogP contribution in [-0.4, -0.2) is 10.9 Å². The lowest BCUT2D eigenvalue weighted by Gasteiger charge is -2.18. The lowest BCUT2D eigenvalue weighted by atomic mass is 10.1. The number of phenols is 1. The zero-order chi connectivity index (χ0) is 13.4. The Balaban J connectivity index is 1.90. The van der Waals surface area contributed by atoms with E-state index in [0.717, 1.165) is 22.6 Å². The van der Waals surface area contributed by atoms with Crippen molar-refractivity contribution < 1.29 is 5.11 Å². The summed E-state index contributed by atoms with van der Waals surface area (Å²) in [5, 5.41) is 13.6. The molecular formula is C16H17NOS. The van der Waals surface area contributed by atoms with E-state index in [4.69, 9.17) is 0 Å². The molecule has 0 saturated carbocycles. The maximum atomic E-state index is 10.0. The van der Waals surface area contributed by atoms with E-state index in [0.29, 0.717) is 11.8 Å². The van der Waals surface area contributed by atoms with Crippen LogP contribution >= 0.6 is 11.8 Å². The third kappa shape index (κ3) is 2.19. The van der Waals surface area contributed by atoms with Crippen molar-refractivity contribution in [3.63, 3.8) is 0 Å². The van der Waals surface area contributed by atoms with Crippen LogP contribution in [0.15, 0.2) is 41.3 Å². The fourth-order valence-corrected chi connectivity index (χ4v) is 3.62. The van der Waals surface area contributed by atoms with E-state index < -0.39 is 0 Å². The second-order valence-corrected chi connectivity index (χ2v) is 6.01. The number of anilines is 1. The van der Waals surface area contributed by atoms with E-state index in [2.05, 4.69) is 35.6 Å². The van der Waals surface area contributed by atoms with Crippen LogP contribution in [0.4, 0.5) is 5.69 Å². The number of fused-ring (bicyclic) bond motifs is 1. The molecular weight excluding hydrogens is 254 g/mol. The molecule has 0 spiro atoms. The monoisotopic (exact) mass is 271 g/mol. The minimum atomic E-state index is 0.321. The SMILES string of the molecule is Cc1ccc(NC2CSc3ccccc32)c(C)c1O. The molecule has 0 saturated heterocycles. The van der Waals surface area contributed by atoms with Crippen LogP contribution in [0.25, 0.3) is 0 Å². The first kappa shape index (κ1) is 12.4. The van der Waals surface area contributed by atoms with E-state index in [1.54, 1.807) is 0 Å². The molecule has 0 bridgehead atoms. The summed E-state index contributed by atoms with van der Waals surface area (Å²) in [5.74, 6) is 1.43. The van der Waals surface area contributed by atoms with Crippen molar-refractivity contribution in [3.05, 3.63) is 53.1 Å². The summed E-state index contributed by atoms with van der Waals surface area (Å²) in [6.45, 7) is 3.88. The lowest BCUT2D eigenvalue weighted by molar-refractivity contribution is 0.467. The smallest absolute Gasteiger partial charge is 0.123 e. The van der Waals surface area contributed by atoms with Crippen molar-refractivity contribution in [2.75, 3.05) is 11.1 Å². The Kier molecular flexibility index (Phi) is 3.15. The van der Waals surface area contributed by atoms with Gasteiger partial charge in [-0.3, -0.25) is 0 Å². The van der Waals surface area contributed by atoms with Crippen LogP contribution in [-0.2, 0) is 0 Å². The van der Waals surface area contributed by atoms with Gasteiger partial charge in [-0.15, -0.1) is 11.8 Å². The molecule has 2 aromatic rings. The molecule has 1 unspecified atom stereocenters. The standard InChI is InChI=1S/C16H17NOS/c1-10-7-8-13(11(2)16(10)18)17-14-9-19-15-6-4-3-5-12(14)15/h3-8,14,17-18H,9H2,1-2H3. The van der Waals surface area contributed by atoms with Crippen molar-refractivity contribution in [2.24, 2.45) is 0 Å². The second-order valence-electron chi connectivity index (χ2n) is 4.95. The Hall–Kier alpha value is -1.61. The molecule has 0 amide bonds. The maximum absolute atomic E-state index is 10.0. The van der Waals surface area contributed by atoms with Gasteiger partial charge in [-0.2, -0.15) is 0 Å². The van der Waals surface area contributed by atoms with E-state index in [1.165, 1.54) is 10.5 Å². The molecule has 19 heavy (non-hydrogen) atoms. The fraction of sp³-hybridized carbons (Fsp3) is 0.250. The van der Waals surface area contributed by atoms with Crippen LogP contribution in [0.1, 0.15) is 22.7 Å². The third-order valence-electron chi connectivity index (χ3n) is 3.66. The summed E-state index contributed by atoms with van der Waals surface area (Å²) in [5.41, 5.74) is 4.22. The Bertz CT molecular complexity index is 624. The molecule has 3 rings (SSSR count). The summed E-state index contributed by atoms with van der Waals surface area (Å²) in [6.07, 6.45) is 0. The number of phenolic OH excluding ortho intramolecular Hbond substituents is 1. The van der Waals surface area contributed by atoms with Gasteiger partial charge in [0.05, 0.1) is 6.04 Å². The minimum Gasteiger partial charge on any atom is -0.507 e. The summed E-state index contributed by atoms with van der Waals surface area (Å²) in [6, 6.07) is 12.8. The zero-order valence-electron chi connectivity index (χ0n) is 11.1. The molecule has 2 aromatic carbocycles. The van der Waals surface area contributed by atoms with Crippen LogP contribution in [0, 0.1) is 13.8 Å². The first-order valence-corrected chi connectivity index (χ1v) is 7.43. The summed E-state index contributed by atoms with van der Waals surface area (Å²) < 4.78 is 0. The Labute approximate surface area is 117 Å². The van der Waals surface area contributed by atoms with E-state index >= 15 is 0 Å². The average Bonchev–Trinajstić information content (AvgIpc) is 2.83. The third-order valence-corrected chi connectivity index (χ3v) is 4.85. The molecule has 0 aromatic heterocycles. The van der Waals surface area contributed by atoms with Gasteiger partial charge in [-0.05, 0) is 37.1 Å². The largest absolute Gasteiger partial charge is 0.507 e. The van der Waals surface area contributed by atoms with Crippen LogP contribution < -0.4 is 5.32 Å². The molecule has 3 heteroatoms. The highest BCUT2D eigenvalue weighted by Crippen LogP contribution is 2.40. The van der Waals surface area contributed by atoms with E-state index in [-0.39, 0.29) is 0 Å². The molecule has 0 fully saturated rings. The van der Waals surface area contributed by atoms with E-state index in [1.807, 2.05) is 31.7 Å². The zero-order valence-corrected chi connectivity index (χ0v) is 11.9. The van der Waals surface area contributed by atoms with Crippen LogP contribution in [0.2, 0.25) is 0 Å². The summed E-state index contributed by atoms with van der Waals surface area (Å²) in [7, 11) is 0. The number of thioether (sulfide) groups is 1. The van der Waals surface area contributed by atoms with Crippen LogP contribution in [0.5, 0.6) is 5.75 Å². The van der Waals surface area contributed by atoms with Gasteiger partial charge in [0.2, 0.25) is 0 Å². The maximum Gasteiger partial charge on any atom is 0.123 e. The van der Waals surface area contributed by atoms with Gasteiger partial charge in [0.15, 0.2) is 0 Å². The summed E-state index contributed by atoms with van der Waals surface area (Å²) >= 11 is 1.88. The van der Waals surface area contributed by atoms with Gasteiger partial charge >= 0.3 is 0 Å². The summed E-state index contributed by atoms with van der Waals surface area (Å²) in [4.78, 5) is 1.36. The van der Waals surface area contributed by atoms with Gasteiger partial charge in [-0.1, -0.05) is 24.3 Å². The van der Waals surface area contributed by atoms with Crippen LogP contribution in [0.3, 0.4) is 0 Å². The minimum absolute atomic E-state index is 0.321. The number of benzene rings is 2. The van der Waals surface area contributed by atoms with Crippen molar-refractivity contribution in [2.45, 2.75) is 24.8 Å². The van der Waals surface area contributed by atoms with Crippen molar-refractivity contribution in [1.82, 2.24) is 0 Å². The van der Waals surface area contributed by atoms with Crippen molar-refractivity contribution >= 4 is 17.4 Å². The number of hydrogen-bond acceptors (Lipinski definition) is 3. The molecule has 0 radical (unpaired) electrons. The Morgan fingerprint density at radius 1 is 1.16 bits per heavy atom. The number of aromatic hydroxyl groups is 1. The predicted molar refractivity (Wildman–Crippen MR) is 81.1 cm³/mol. The molecule has 1 aliphatic heterocycles. The van der Waals surface area contributed by atoms with Gasteiger partial charge in [-0.25, -0.2) is 0 Å². The van der Waals surface area contributed by atoms with Gasteiger partial charge in [0.1, 0.15) is 5.75 Å². The number of nitrogens with one attached hydrogen (secondary N) is 1. The number of aryl methyl sites for hydroxylation is 1. The van der Waals surface area contributed by atoms with Gasteiger partial charge < -0.3 is 10.4 Å². The topological polar surface area (TPSA) is 32.3 Å². The number of hydrogen-bond donors (Lipinski definition) is 2. The van der Waals surface area contributed by atoms with Gasteiger partial charge in [0, 0.05) is 21.9 Å². The molecule has 2 N–H and O–H groups in total. The highest BCUT2D eigenvalue weighted by molar-refractivity contribution is 7.99. The molecule has 0 aliphatic carbocycles. The average molecular weight is 271 g/mol. The normalized spacial score (nSPS) is 17.3. The lowest BCUT2D eigenvalue weighted by Crippen LogP contribution is -2.10. The Morgan fingerprint density at radius 2 is 1.95 bits per heavy atom. The molecule has 1 heterocycles. The molecule has 1 aliphatic rings. The first-order valence-electron chi connectivity index (χ1n) is 6.44. The predicted octanol–water partition coefficient (Wildman–Crippen LogP) is 4.27. The fourth-order valence-electron chi connectivity index (χ4n) is 2.46. The molecule has 1 atom stereocenters. The van der Waals surface area contributed by atoms with Crippen molar-refractivity contribution in [3.8, 4) is 5.75 Å². The molecule has 98 valence electrons. The second kappa shape index (κ2) is 4.82. The molecule has 2 nitrogen and oxygen atoms in total. The van der Waals surface area contributed by atoms with Crippen molar-refractivity contribution in [1.29, 1.82) is 0 Å². The quantitative estimate of drug-likeness (QED) is 0.855.